The molecule has 0 atom stereocenters. The molecule has 7 nitrogen and oxygen atoms in total. The van der Waals surface area contributed by atoms with Crippen LogP contribution in [0.1, 0.15) is 18.4 Å². The van der Waals surface area contributed by atoms with Gasteiger partial charge in [0.1, 0.15) is 0 Å². The summed E-state index contributed by atoms with van der Waals surface area (Å²) < 4.78 is 31.9. The number of hydrogen-bond acceptors (Lipinski definition) is 7. The van der Waals surface area contributed by atoms with Gasteiger partial charge in [0.2, 0.25) is 5.91 Å². The minimum atomic E-state index is -3.60. The molecule has 3 aromatic rings. The summed E-state index contributed by atoms with van der Waals surface area (Å²) in [7, 11) is -3.60. The summed E-state index contributed by atoms with van der Waals surface area (Å²) in [6.07, 6.45) is 0.655. The van der Waals surface area contributed by atoms with Gasteiger partial charge in [-0.25, -0.2) is 13.4 Å². The van der Waals surface area contributed by atoms with Gasteiger partial charge in [-0.05, 0) is 55.3 Å². The predicted octanol–water partition coefficient (Wildman–Crippen LogP) is 4.18. The maximum atomic E-state index is 13.3. The van der Waals surface area contributed by atoms with Crippen molar-refractivity contribution in [1.29, 1.82) is 0 Å². The van der Waals surface area contributed by atoms with Crippen LogP contribution < -0.4 is 4.90 Å². The van der Waals surface area contributed by atoms with Gasteiger partial charge in [-0.1, -0.05) is 29.0 Å². The lowest BCUT2D eigenvalue weighted by atomic mass is 10.2. The fourth-order valence-corrected chi connectivity index (χ4v) is 6.32. The summed E-state index contributed by atoms with van der Waals surface area (Å²) in [6, 6.07) is 12.0. The van der Waals surface area contributed by atoms with Gasteiger partial charge in [-0.2, -0.15) is 0 Å². The first-order valence-corrected chi connectivity index (χ1v) is 14.1. The van der Waals surface area contributed by atoms with E-state index in [0.29, 0.717) is 16.7 Å². The van der Waals surface area contributed by atoms with Gasteiger partial charge in [0.05, 0.1) is 34.1 Å². The topological polar surface area (TPSA) is 79.8 Å². The van der Waals surface area contributed by atoms with Crippen LogP contribution >= 0.6 is 22.9 Å². The van der Waals surface area contributed by atoms with E-state index in [0.717, 1.165) is 55.0 Å². The van der Waals surface area contributed by atoms with Gasteiger partial charge in [0, 0.05) is 37.6 Å². The maximum Gasteiger partial charge on any atom is 0.229 e. The first-order valence-electron chi connectivity index (χ1n) is 11.3. The van der Waals surface area contributed by atoms with Crippen molar-refractivity contribution in [3.63, 3.8) is 0 Å². The van der Waals surface area contributed by atoms with E-state index in [2.05, 4.69) is 16.0 Å². The maximum absolute atomic E-state index is 13.3. The first-order chi connectivity index (χ1) is 16.3. The molecule has 0 aliphatic carbocycles. The van der Waals surface area contributed by atoms with Crippen LogP contribution in [-0.4, -0.2) is 69.4 Å². The number of fused-ring (bicyclic) bond motifs is 1. The second kappa shape index (κ2) is 11.1. The summed E-state index contributed by atoms with van der Waals surface area (Å²) in [6.45, 7) is 6.56. The predicted molar refractivity (Wildman–Crippen MR) is 137 cm³/mol. The molecule has 2 aromatic carbocycles. The van der Waals surface area contributed by atoms with Crippen LogP contribution in [-0.2, 0) is 19.4 Å². The second-order valence-electron chi connectivity index (χ2n) is 8.34. The van der Waals surface area contributed by atoms with Gasteiger partial charge in [0.15, 0.2) is 15.0 Å². The van der Waals surface area contributed by atoms with E-state index in [4.69, 9.17) is 16.3 Å². The standard InChI is InChI=1S/C24H28ClN3O4S2/c1-18-3-8-21-22(17-18)33-24(26-21)28(11-2-10-27-12-14-32-15-13-27)23(29)9-16-34(30,31)20-6-4-19(25)5-7-20/h3-8,17H,2,9-16H2,1H3. The third-order valence-electron chi connectivity index (χ3n) is 5.78. The van der Waals surface area contributed by atoms with Gasteiger partial charge in [-0.3, -0.25) is 14.6 Å². The lowest BCUT2D eigenvalue weighted by molar-refractivity contribution is -0.118. The van der Waals surface area contributed by atoms with Gasteiger partial charge in [0.25, 0.3) is 0 Å². The molecular formula is C24H28ClN3O4S2. The van der Waals surface area contributed by atoms with Crippen LogP contribution in [0.5, 0.6) is 0 Å². The van der Waals surface area contributed by atoms with E-state index in [9.17, 15) is 13.2 Å². The molecule has 0 spiro atoms. The third kappa shape index (κ3) is 6.34. The molecule has 10 heteroatoms. The van der Waals surface area contributed by atoms with Gasteiger partial charge in [-0.15, -0.1) is 0 Å². The Labute approximate surface area is 209 Å². The Morgan fingerprint density at radius 2 is 1.91 bits per heavy atom. The number of aryl methyl sites for hydroxylation is 1. The summed E-state index contributed by atoms with van der Waals surface area (Å²) in [5.41, 5.74) is 1.97. The number of aromatic nitrogens is 1. The number of benzene rings is 2. The zero-order valence-electron chi connectivity index (χ0n) is 19.1. The first kappa shape index (κ1) is 25.1. The number of hydrogen-bond donors (Lipinski definition) is 0. The van der Waals surface area contributed by atoms with E-state index >= 15 is 0 Å². The molecule has 182 valence electrons. The molecule has 1 saturated heterocycles. The molecule has 1 amide bonds. The molecule has 1 aliphatic rings. The van der Waals surface area contributed by atoms with Gasteiger partial charge >= 0.3 is 0 Å². The molecule has 0 bridgehead atoms. The van der Waals surface area contributed by atoms with Crippen molar-refractivity contribution in [2.45, 2.75) is 24.7 Å². The van der Waals surface area contributed by atoms with Crippen LogP contribution in [0, 0.1) is 6.92 Å². The molecule has 2 heterocycles. The third-order valence-corrected chi connectivity index (χ3v) is 8.81. The van der Waals surface area contributed by atoms with Crippen molar-refractivity contribution >= 4 is 54.0 Å². The van der Waals surface area contributed by atoms with Crippen LogP contribution in [0.3, 0.4) is 0 Å². The molecule has 1 aliphatic heterocycles. The number of ether oxygens (including phenoxy) is 1. The Morgan fingerprint density at radius 3 is 2.65 bits per heavy atom. The number of sulfone groups is 1. The largest absolute Gasteiger partial charge is 0.379 e. The fraction of sp³-hybridized carbons (Fsp3) is 0.417. The van der Waals surface area contributed by atoms with Crippen molar-refractivity contribution in [2.24, 2.45) is 0 Å². The summed E-state index contributed by atoms with van der Waals surface area (Å²) in [5.74, 6) is -0.507. The number of carbonyl (C=O) groups excluding carboxylic acids is 1. The molecule has 0 N–H and O–H groups in total. The molecular weight excluding hydrogens is 494 g/mol. The highest BCUT2D eigenvalue weighted by Crippen LogP contribution is 2.30. The SMILES string of the molecule is Cc1ccc2nc(N(CCCN3CCOCC3)C(=O)CCS(=O)(=O)c3ccc(Cl)cc3)sc2c1. The minimum absolute atomic E-state index is 0.114. The fourth-order valence-electron chi connectivity index (χ4n) is 3.86. The normalized spacial score (nSPS) is 15.0. The van der Waals surface area contributed by atoms with Crippen LogP contribution in [0.4, 0.5) is 5.13 Å². The Kier molecular flexibility index (Phi) is 8.21. The molecule has 0 saturated carbocycles. The van der Waals surface area contributed by atoms with E-state index in [-0.39, 0.29) is 23.0 Å². The van der Waals surface area contributed by atoms with E-state index in [1.807, 2.05) is 19.1 Å². The second-order valence-corrected chi connectivity index (χ2v) is 11.9. The highest BCUT2D eigenvalue weighted by Gasteiger charge is 2.23. The van der Waals surface area contributed by atoms with Crippen LogP contribution in [0.15, 0.2) is 47.4 Å². The number of thiazole rings is 1. The van der Waals surface area contributed by atoms with E-state index < -0.39 is 9.84 Å². The minimum Gasteiger partial charge on any atom is -0.379 e. The zero-order valence-corrected chi connectivity index (χ0v) is 21.5. The van der Waals surface area contributed by atoms with Crippen LogP contribution in [0.25, 0.3) is 10.2 Å². The number of nitrogens with zero attached hydrogens (tertiary/aromatic N) is 3. The Morgan fingerprint density at radius 1 is 1.18 bits per heavy atom. The zero-order chi connectivity index (χ0) is 24.1. The Bertz CT molecular complexity index is 1240. The van der Waals surface area contributed by atoms with E-state index in [1.54, 1.807) is 4.90 Å². The molecule has 0 radical (unpaired) electrons. The number of rotatable bonds is 9. The lowest BCUT2D eigenvalue weighted by Gasteiger charge is -2.27. The highest BCUT2D eigenvalue weighted by molar-refractivity contribution is 7.91. The number of carbonyl (C=O) groups is 1. The monoisotopic (exact) mass is 521 g/mol. The average Bonchev–Trinajstić information content (AvgIpc) is 3.24. The highest BCUT2D eigenvalue weighted by atomic mass is 35.5. The molecule has 1 fully saturated rings. The van der Waals surface area contributed by atoms with Crippen molar-refractivity contribution < 1.29 is 17.9 Å². The lowest BCUT2D eigenvalue weighted by Crippen LogP contribution is -2.39. The molecule has 4 rings (SSSR count). The smallest absolute Gasteiger partial charge is 0.229 e. The van der Waals surface area contributed by atoms with Crippen molar-refractivity contribution in [3.8, 4) is 0 Å². The van der Waals surface area contributed by atoms with Crippen LogP contribution in [0.2, 0.25) is 5.02 Å². The Balaban J connectivity index is 1.48. The molecule has 0 unspecified atom stereocenters. The number of halogens is 1. The number of amides is 1. The van der Waals surface area contributed by atoms with Crippen molar-refractivity contribution in [2.75, 3.05) is 50.0 Å². The van der Waals surface area contributed by atoms with Crippen molar-refractivity contribution in [1.82, 2.24) is 9.88 Å². The number of anilines is 1. The Hall–Kier alpha value is -2.04. The summed E-state index contributed by atoms with van der Waals surface area (Å²) >= 11 is 7.34. The summed E-state index contributed by atoms with van der Waals surface area (Å²) in [5, 5.41) is 1.07. The summed E-state index contributed by atoms with van der Waals surface area (Å²) in [4.78, 5) is 22.1. The van der Waals surface area contributed by atoms with E-state index in [1.165, 1.54) is 35.6 Å². The van der Waals surface area contributed by atoms with Crippen molar-refractivity contribution in [3.05, 3.63) is 53.1 Å². The quantitative estimate of drug-likeness (QED) is 0.420. The number of morpholine rings is 1. The van der Waals surface area contributed by atoms with Gasteiger partial charge < -0.3 is 4.74 Å². The molecule has 34 heavy (non-hydrogen) atoms. The average molecular weight is 522 g/mol. The molecule has 1 aromatic heterocycles.